The Kier molecular flexibility index (Phi) is 2.41. The van der Waals surface area contributed by atoms with Gasteiger partial charge in [-0.25, -0.2) is 0 Å². The van der Waals surface area contributed by atoms with Crippen molar-refractivity contribution in [3.8, 4) is 5.75 Å². The van der Waals surface area contributed by atoms with Crippen molar-refractivity contribution < 1.29 is 5.11 Å². The lowest BCUT2D eigenvalue weighted by Crippen LogP contribution is -1.99. The summed E-state index contributed by atoms with van der Waals surface area (Å²) in [6.07, 6.45) is 3.97. The van der Waals surface area contributed by atoms with Gasteiger partial charge in [0.2, 0.25) is 0 Å². The molecule has 0 saturated heterocycles. The van der Waals surface area contributed by atoms with E-state index in [0.717, 1.165) is 18.4 Å². The van der Waals surface area contributed by atoms with Gasteiger partial charge in [-0.1, -0.05) is 0 Å². The van der Waals surface area contributed by atoms with Crippen LogP contribution < -0.4 is 5.73 Å². The first-order valence-corrected chi connectivity index (χ1v) is 4.80. The summed E-state index contributed by atoms with van der Waals surface area (Å²) in [7, 11) is 0. The third kappa shape index (κ3) is 1.59. The molecule has 1 heterocycles. The van der Waals surface area contributed by atoms with Gasteiger partial charge in [-0.3, -0.25) is 0 Å². The molecule has 2 rings (SSSR count). The molecule has 0 aliphatic heterocycles. The highest BCUT2D eigenvalue weighted by Gasteiger charge is 2.03. The van der Waals surface area contributed by atoms with Crippen LogP contribution in [-0.2, 0) is 6.42 Å². The number of nitrogens with two attached hydrogens (primary N) is 1. The summed E-state index contributed by atoms with van der Waals surface area (Å²) in [4.78, 5) is 3.14. The van der Waals surface area contributed by atoms with Crippen LogP contribution in [0.15, 0.2) is 24.4 Å². The van der Waals surface area contributed by atoms with E-state index in [-0.39, 0.29) is 0 Å². The Bertz CT molecular complexity index is 434. The van der Waals surface area contributed by atoms with Crippen molar-refractivity contribution in [2.45, 2.75) is 12.8 Å². The summed E-state index contributed by atoms with van der Waals surface area (Å²) in [5.74, 6) is 0.296. The molecule has 0 bridgehead atoms. The number of nitrogens with one attached hydrogen (secondary N) is 1. The first-order valence-electron chi connectivity index (χ1n) is 4.80. The van der Waals surface area contributed by atoms with Crippen molar-refractivity contribution in [3.63, 3.8) is 0 Å². The molecule has 0 fully saturated rings. The minimum Gasteiger partial charge on any atom is -0.508 e. The number of hydrogen-bond donors (Lipinski definition) is 3. The van der Waals surface area contributed by atoms with Crippen LogP contribution in [0.3, 0.4) is 0 Å². The van der Waals surface area contributed by atoms with Crippen LogP contribution in [-0.4, -0.2) is 16.6 Å². The van der Waals surface area contributed by atoms with Crippen molar-refractivity contribution in [1.82, 2.24) is 4.98 Å². The molecule has 0 atom stereocenters. The third-order valence-corrected chi connectivity index (χ3v) is 2.40. The number of fused-ring (bicyclic) bond motifs is 1. The lowest BCUT2D eigenvalue weighted by atomic mass is 10.1. The molecular weight excluding hydrogens is 176 g/mol. The average Bonchev–Trinajstić information content (AvgIpc) is 2.57. The topological polar surface area (TPSA) is 62.0 Å². The van der Waals surface area contributed by atoms with Crippen molar-refractivity contribution in [3.05, 3.63) is 30.0 Å². The number of hydrogen-bond acceptors (Lipinski definition) is 2. The van der Waals surface area contributed by atoms with Gasteiger partial charge in [0.1, 0.15) is 5.75 Å². The Morgan fingerprint density at radius 1 is 1.36 bits per heavy atom. The molecule has 4 N–H and O–H groups in total. The monoisotopic (exact) mass is 190 g/mol. The molecule has 3 heteroatoms. The Morgan fingerprint density at radius 2 is 2.21 bits per heavy atom. The van der Waals surface area contributed by atoms with Gasteiger partial charge in [-0.05, 0) is 37.1 Å². The molecule has 1 aromatic carbocycles. The number of benzene rings is 1. The number of rotatable bonds is 3. The Balaban J connectivity index is 2.37. The molecule has 2 aromatic rings. The van der Waals surface area contributed by atoms with Crippen LogP contribution in [0.4, 0.5) is 0 Å². The molecular formula is C11H14N2O. The second-order valence-corrected chi connectivity index (χ2v) is 3.44. The number of phenolic OH excluding ortho intramolecular Hbond substituents is 1. The standard InChI is InChI=1S/C11H14N2O/c12-5-1-2-8-7-13-11-6-9(14)3-4-10(8)11/h3-4,6-7,13-14H,1-2,5,12H2. The predicted octanol–water partition coefficient (Wildman–Crippen LogP) is 1.76. The SMILES string of the molecule is NCCCc1c[nH]c2cc(O)ccc12. The van der Waals surface area contributed by atoms with Gasteiger partial charge >= 0.3 is 0 Å². The van der Waals surface area contributed by atoms with Crippen molar-refractivity contribution in [2.75, 3.05) is 6.54 Å². The van der Waals surface area contributed by atoms with E-state index < -0.39 is 0 Å². The molecule has 0 aliphatic carbocycles. The van der Waals surface area contributed by atoms with Crippen LogP contribution in [0.2, 0.25) is 0 Å². The number of aromatic hydroxyl groups is 1. The molecule has 0 spiro atoms. The summed E-state index contributed by atoms with van der Waals surface area (Å²) in [5, 5.41) is 10.5. The van der Waals surface area contributed by atoms with E-state index in [9.17, 15) is 5.11 Å². The van der Waals surface area contributed by atoms with E-state index in [0.29, 0.717) is 12.3 Å². The average molecular weight is 190 g/mol. The first kappa shape index (κ1) is 9.09. The van der Waals surface area contributed by atoms with Gasteiger partial charge in [-0.15, -0.1) is 0 Å². The summed E-state index contributed by atoms with van der Waals surface area (Å²) < 4.78 is 0. The normalized spacial score (nSPS) is 10.9. The van der Waals surface area contributed by atoms with Crippen LogP contribution in [0, 0.1) is 0 Å². The summed E-state index contributed by atoms with van der Waals surface area (Å²) in [5.41, 5.74) is 7.72. The van der Waals surface area contributed by atoms with E-state index in [1.54, 1.807) is 12.1 Å². The minimum atomic E-state index is 0.296. The van der Waals surface area contributed by atoms with Crippen LogP contribution >= 0.6 is 0 Å². The van der Waals surface area contributed by atoms with E-state index in [2.05, 4.69) is 4.98 Å². The number of aromatic amines is 1. The molecule has 0 unspecified atom stereocenters. The highest BCUT2D eigenvalue weighted by Crippen LogP contribution is 2.23. The fraction of sp³-hybridized carbons (Fsp3) is 0.273. The predicted molar refractivity (Wildman–Crippen MR) is 57.3 cm³/mol. The second-order valence-electron chi connectivity index (χ2n) is 3.44. The highest BCUT2D eigenvalue weighted by molar-refractivity contribution is 5.84. The lowest BCUT2D eigenvalue weighted by molar-refractivity contribution is 0.476. The summed E-state index contributed by atoms with van der Waals surface area (Å²) in [6, 6.07) is 5.39. The quantitative estimate of drug-likeness (QED) is 0.690. The molecule has 0 aliphatic rings. The molecule has 0 radical (unpaired) electrons. The van der Waals surface area contributed by atoms with Gasteiger partial charge in [0.25, 0.3) is 0 Å². The highest BCUT2D eigenvalue weighted by atomic mass is 16.3. The van der Waals surface area contributed by atoms with E-state index >= 15 is 0 Å². The second kappa shape index (κ2) is 3.72. The lowest BCUT2D eigenvalue weighted by Gasteiger charge is -1.97. The van der Waals surface area contributed by atoms with Crippen molar-refractivity contribution >= 4 is 10.9 Å². The fourth-order valence-electron chi connectivity index (χ4n) is 1.67. The van der Waals surface area contributed by atoms with Gasteiger partial charge in [-0.2, -0.15) is 0 Å². The third-order valence-electron chi connectivity index (χ3n) is 2.40. The molecule has 1 aromatic heterocycles. The molecule has 74 valence electrons. The Morgan fingerprint density at radius 3 is 3.00 bits per heavy atom. The van der Waals surface area contributed by atoms with E-state index in [1.165, 1.54) is 10.9 Å². The minimum absolute atomic E-state index is 0.296. The Hall–Kier alpha value is -1.48. The molecule has 14 heavy (non-hydrogen) atoms. The zero-order chi connectivity index (χ0) is 9.97. The van der Waals surface area contributed by atoms with Crippen LogP contribution in [0.25, 0.3) is 10.9 Å². The molecule has 0 amide bonds. The van der Waals surface area contributed by atoms with E-state index in [1.807, 2.05) is 12.3 Å². The van der Waals surface area contributed by atoms with Crippen LogP contribution in [0.1, 0.15) is 12.0 Å². The molecule has 0 saturated carbocycles. The van der Waals surface area contributed by atoms with Gasteiger partial charge < -0.3 is 15.8 Å². The summed E-state index contributed by atoms with van der Waals surface area (Å²) in [6.45, 7) is 0.713. The number of H-pyrrole nitrogens is 1. The van der Waals surface area contributed by atoms with Gasteiger partial charge in [0.05, 0.1) is 0 Å². The Labute approximate surface area is 82.6 Å². The zero-order valence-corrected chi connectivity index (χ0v) is 7.96. The van der Waals surface area contributed by atoms with Gasteiger partial charge in [0, 0.05) is 23.2 Å². The van der Waals surface area contributed by atoms with Gasteiger partial charge in [0.15, 0.2) is 0 Å². The smallest absolute Gasteiger partial charge is 0.117 e. The fourth-order valence-corrected chi connectivity index (χ4v) is 1.67. The number of aromatic nitrogens is 1. The van der Waals surface area contributed by atoms with Crippen molar-refractivity contribution in [2.24, 2.45) is 5.73 Å². The maximum atomic E-state index is 9.28. The largest absolute Gasteiger partial charge is 0.508 e. The van der Waals surface area contributed by atoms with Crippen LogP contribution in [0.5, 0.6) is 5.75 Å². The summed E-state index contributed by atoms with van der Waals surface area (Å²) >= 11 is 0. The van der Waals surface area contributed by atoms with Crippen molar-refractivity contribution in [1.29, 1.82) is 0 Å². The number of phenols is 1. The molecule has 3 nitrogen and oxygen atoms in total. The van der Waals surface area contributed by atoms with E-state index in [4.69, 9.17) is 5.73 Å². The maximum Gasteiger partial charge on any atom is 0.117 e. The maximum absolute atomic E-state index is 9.28. The zero-order valence-electron chi connectivity index (χ0n) is 7.96. The first-order chi connectivity index (χ1) is 6.81. The number of aryl methyl sites for hydroxylation is 1.